The van der Waals surface area contributed by atoms with Crippen LogP contribution in [0, 0.1) is 0 Å². The highest BCUT2D eigenvalue weighted by atomic mass is 16.2. The average Bonchev–Trinajstić information content (AvgIpc) is 2.63. The Kier molecular flexibility index (Phi) is 3.97. The Balaban J connectivity index is 2.12. The van der Waals surface area contributed by atoms with Crippen molar-refractivity contribution in [1.82, 2.24) is 14.8 Å². The van der Waals surface area contributed by atoms with Crippen molar-refractivity contribution in [3.63, 3.8) is 0 Å². The van der Waals surface area contributed by atoms with E-state index in [1.807, 2.05) is 6.07 Å². The highest BCUT2D eigenvalue weighted by molar-refractivity contribution is 6.44. The molecule has 1 aromatic heterocycles. The van der Waals surface area contributed by atoms with Crippen LogP contribution in [0.2, 0.25) is 0 Å². The quantitative estimate of drug-likeness (QED) is 0.636. The lowest BCUT2D eigenvalue weighted by atomic mass is 10.3. The first-order chi connectivity index (χ1) is 9.54. The molecule has 0 aliphatic carbocycles. The van der Waals surface area contributed by atoms with Gasteiger partial charge in [-0.05, 0) is 18.6 Å². The number of imide groups is 2. The Labute approximate surface area is 116 Å². The number of urea groups is 1. The second-order valence-electron chi connectivity index (χ2n) is 4.50. The standard InChI is InChI=1S/C13H16N4O3/c1-3-5-14-9-4-6-15-10(7-9)8-17-12(19)11(18)16(2)13(17)20/h4,6-7H,3,5,8H2,1-2H3,(H,14,15). The third kappa shape index (κ3) is 2.61. The lowest BCUT2D eigenvalue weighted by molar-refractivity contribution is -0.143. The minimum atomic E-state index is -0.814. The first-order valence-electron chi connectivity index (χ1n) is 6.37. The van der Waals surface area contributed by atoms with E-state index in [0.29, 0.717) is 5.69 Å². The smallest absolute Gasteiger partial charge is 0.334 e. The third-order valence-corrected chi connectivity index (χ3v) is 2.97. The first kappa shape index (κ1) is 14.0. The third-order valence-electron chi connectivity index (χ3n) is 2.97. The van der Waals surface area contributed by atoms with Gasteiger partial charge in [-0.25, -0.2) is 9.69 Å². The average molecular weight is 276 g/mol. The van der Waals surface area contributed by atoms with Gasteiger partial charge < -0.3 is 5.32 Å². The molecule has 106 valence electrons. The van der Waals surface area contributed by atoms with E-state index < -0.39 is 17.8 Å². The second-order valence-corrected chi connectivity index (χ2v) is 4.50. The fourth-order valence-electron chi connectivity index (χ4n) is 1.86. The van der Waals surface area contributed by atoms with Crippen molar-refractivity contribution in [3.8, 4) is 0 Å². The second kappa shape index (κ2) is 5.68. The van der Waals surface area contributed by atoms with E-state index in [2.05, 4.69) is 17.2 Å². The van der Waals surface area contributed by atoms with Crippen LogP contribution in [0.25, 0.3) is 0 Å². The number of nitrogens with zero attached hydrogens (tertiary/aromatic N) is 3. The maximum absolute atomic E-state index is 11.8. The van der Waals surface area contributed by atoms with E-state index in [1.54, 1.807) is 12.3 Å². The number of hydrogen-bond donors (Lipinski definition) is 1. The first-order valence-corrected chi connectivity index (χ1v) is 6.37. The molecule has 7 nitrogen and oxygen atoms in total. The number of hydrogen-bond acceptors (Lipinski definition) is 5. The Morgan fingerprint density at radius 2 is 2.00 bits per heavy atom. The Morgan fingerprint density at radius 3 is 2.60 bits per heavy atom. The highest BCUT2D eigenvalue weighted by Crippen LogP contribution is 2.15. The van der Waals surface area contributed by atoms with Crippen LogP contribution in [-0.4, -0.2) is 46.2 Å². The van der Waals surface area contributed by atoms with E-state index in [9.17, 15) is 14.4 Å². The van der Waals surface area contributed by atoms with Crippen molar-refractivity contribution in [3.05, 3.63) is 24.0 Å². The maximum Gasteiger partial charge on any atom is 0.334 e. The lowest BCUT2D eigenvalue weighted by Gasteiger charge is -2.13. The number of nitrogens with one attached hydrogen (secondary N) is 1. The molecule has 1 saturated heterocycles. The summed E-state index contributed by atoms with van der Waals surface area (Å²) in [6.45, 7) is 2.87. The highest BCUT2D eigenvalue weighted by Gasteiger charge is 2.42. The molecule has 20 heavy (non-hydrogen) atoms. The van der Waals surface area contributed by atoms with E-state index in [4.69, 9.17) is 0 Å². The van der Waals surface area contributed by atoms with Crippen LogP contribution < -0.4 is 5.32 Å². The fraction of sp³-hybridized carbons (Fsp3) is 0.385. The zero-order valence-corrected chi connectivity index (χ0v) is 11.4. The zero-order valence-electron chi connectivity index (χ0n) is 11.4. The minimum absolute atomic E-state index is 0.00457. The number of aromatic nitrogens is 1. The van der Waals surface area contributed by atoms with Gasteiger partial charge in [0.05, 0.1) is 12.2 Å². The molecule has 1 aliphatic rings. The molecule has 4 amide bonds. The number of likely N-dealkylation sites (N-methyl/N-ethyl adjacent to an activating group) is 1. The molecule has 0 unspecified atom stereocenters. The van der Waals surface area contributed by atoms with Gasteiger partial charge >= 0.3 is 17.8 Å². The zero-order chi connectivity index (χ0) is 14.7. The number of carbonyl (C=O) groups excluding carboxylic acids is 3. The molecule has 0 aromatic carbocycles. The summed E-state index contributed by atoms with van der Waals surface area (Å²) in [6, 6.07) is 2.96. The van der Waals surface area contributed by atoms with Crippen LogP contribution in [0.5, 0.6) is 0 Å². The monoisotopic (exact) mass is 276 g/mol. The van der Waals surface area contributed by atoms with Crippen LogP contribution in [0.1, 0.15) is 19.0 Å². The van der Waals surface area contributed by atoms with E-state index in [0.717, 1.165) is 28.5 Å². The molecule has 0 saturated carbocycles. The number of rotatable bonds is 5. The fourth-order valence-corrected chi connectivity index (χ4v) is 1.86. The summed E-state index contributed by atoms with van der Waals surface area (Å²) in [5.74, 6) is -1.62. The Hall–Kier alpha value is -2.44. The number of amides is 4. The molecule has 0 bridgehead atoms. The predicted octanol–water partition coefficient (Wildman–Crippen LogP) is 0.824. The van der Waals surface area contributed by atoms with Crippen molar-refractivity contribution in [2.24, 2.45) is 0 Å². The van der Waals surface area contributed by atoms with Crippen LogP contribution in [0.3, 0.4) is 0 Å². The SMILES string of the molecule is CCCNc1ccnc(CN2C(=O)C(=O)N(C)C2=O)c1. The predicted molar refractivity (Wildman–Crippen MR) is 71.7 cm³/mol. The van der Waals surface area contributed by atoms with Crippen molar-refractivity contribution >= 4 is 23.5 Å². The van der Waals surface area contributed by atoms with Crippen LogP contribution in [-0.2, 0) is 16.1 Å². The molecule has 1 fully saturated rings. The van der Waals surface area contributed by atoms with Crippen molar-refractivity contribution in [1.29, 1.82) is 0 Å². The van der Waals surface area contributed by atoms with Crippen molar-refractivity contribution in [2.45, 2.75) is 19.9 Å². The summed E-state index contributed by atoms with van der Waals surface area (Å²) in [7, 11) is 1.29. The Morgan fingerprint density at radius 1 is 1.25 bits per heavy atom. The van der Waals surface area contributed by atoms with E-state index in [-0.39, 0.29) is 6.54 Å². The van der Waals surface area contributed by atoms with E-state index in [1.165, 1.54) is 7.05 Å². The van der Waals surface area contributed by atoms with Gasteiger partial charge in [0.1, 0.15) is 0 Å². The lowest BCUT2D eigenvalue weighted by Crippen LogP contribution is -2.31. The summed E-state index contributed by atoms with van der Waals surface area (Å²) in [5.41, 5.74) is 1.42. The molecular formula is C13H16N4O3. The van der Waals surface area contributed by atoms with Gasteiger partial charge in [-0.3, -0.25) is 19.5 Å². The molecule has 0 atom stereocenters. The topological polar surface area (TPSA) is 82.6 Å². The van der Waals surface area contributed by atoms with Gasteiger partial charge in [-0.1, -0.05) is 6.92 Å². The summed E-state index contributed by atoms with van der Waals surface area (Å²) in [6.07, 6.45) is 2.59. The van der Waals surface area contributed by atoms with Gasteiger partial charge in [-0.2, -0.15) is 0 Å². The molecule has 2 heterocycles. The largest absolute Gasteiger partial charge is 0.385 e. The maximum atomic E-state index is 11.8. The summed E-state index contributed by atoms with van der Waals surface area (Å²) in [5, 5.41) is 3.19. The molecule has 2 rings (SSSR count). The molecule has 7 heteroatoms. The van der Waals surface area contributed by atoms with Gasteiger partial charge in [-0.15, -0.1) is 0 Å². The Bertz CT molecular complexity index is 558. The van der Waals surface area contributed by atoms with Gasteiger partial charge in [0, 0.05) is 25.5 Å². The number of carbonyl (C=O) groups is 3. The normalized spacial score (nSPS) is 15.2. The van der Waals surface area contributed by atoms with Gasteiger partial charge in [0.15, 0.2) is 0 Å². The van der Waals surface area contributed by atoms with Gasteiger partial charge in [0.2, 0.25) is 0 Å². The van der Waals surface area contributed by atoms with Crippen LogP contribution in [0.15, 0.2) is 18.3 Å². The summed E-state index contributed by atoms with van der Waals surface area (Å²) >= 11 is 0. The van der Waals surface area contributed by atoms with E-state index >= 15 is 0 Å². The molecule has 1 N–H and O–H groups in total. The van der Waals surface area contributed by atoms with Gasteiger partial charge in [0.25, 0.3) is 0 Å². The molecule has 0 radical (unpaired) electrons. The summed E-state index contributed by atoms with van der Waals surface area (Å²) < 4.78 is 0. The molecular weight excluding hydrogens is 260 g/mol. The molecule has 1 aliphatic heterocycles. The van der Waals surface area contributed by atoms with Crippen molar-refractivity contribution in [2.75, 3.05) is 18.9 Å². The summed E-state index contributed by atoms with van der Waals surface area (Å²) in [4.78, 5) is 40.6. The number of pyridine rings is 1. The minimum Gasteiger partial charge on any atom is -0.385 e. The molecule has 0 spiro atoms. The van der Waals surface area contributed by atoms with Crippen LogP contribution >= 0.6 is 0 Å². The van der Waals surface area contributed by atoms with Crippen molar-refractivity contribution < 1.29 is 14.4 Å². The number of anilines is 1. The van der Waals surface area contributed by atoms with Crippen LogP contribution in [0.4, 0.5) is 10.5 Å². The molecule has 1 aromatic rings.